The first-order valence-electron chi connectivity index (χ1n) is 7.87. The topological polar surface area (TPSA) is 0 Å². The van der Waals surface area contributed by atoms with Crippen molar-refractivity contribution in [2.24, 2.45) is 0 Å². The maximum Gasteiger partial charge on any atom is 0.0261 e. The Morgan fingerprint density at radius 3 is 1.25 bits per heavy atom. The van der Waals surface area contributed by atoms with Crippen molar-refractivity contribution in [3.05, 3.63) is 106 Å². The highest BCUT2D eigenvalue weighted by Gasteiger charge is 1.95. The molecule has 110 valence electrons. The van der Waals surface area contributed by atoms with E-state index in [-0.39, 0.29) is 0 Å². The highest BCUT2D eigenvalue weighted by atomic mass is 14.0. The van der Waals surface area contributed by atoms with Gasteiger partial charge in [-0.2, -0.15) is 0 Å². The third-order valence-electron chi connectivity index (χ3n) is 3.81. The van der Waals surface area contributed by atoms with Crippen LogP contribution in [0.3, 0.4) is 0 Å². The monoisotopic (exact) mass is 302 g/mol. The summed E-state index contributed by atoms with van der Waals surface area (Å²) in [5.74, 6) is 12.9. The van der Waals surface area contributed by atoms with Gasteiger partial charge in [-0.25, -0.2) is 0 Å². The van der Waals surface area contributed by atoms with Crippen LogP contribution in [-0.2, 0) is 0 Å². The van der Waals surface area contributed by atoms with Gasteiger partial charge in [0.25, 0.3) is 0 Å². The second-order valence-corrected chi connectivity index (χ2v) is 5.67. The fraction of sp³-hybridized carbons (Fsp3) is 0. The van der Waals surface area contributed by atoms with Gasteiger partial charge in [-0.15, -0.1) is 0 Å². The molecule has 24 heavy (non-hydrogen) atoms. The van der Waals surface area contributed by atoms with E-state index in [0.717, 1.165) is 33.4 Å². The molecule has 0 N–H and O–H groups in total. The largest absolute Gasteiger partial charge is 0.0616 e. The Hall–Kier alpha value is -3.48. The molecule has 0 nitrogen and oxygen atoms in total. The molecule has 0 radical (unpaired) electrons. The minimum atomic E-state index is 0.978. The lowest BCUT2D eigenvalue weighted by Gasteiger charge is -1.97. The zero-order valence-corrected chi connectivity index (χ0v) is 13.1. The number of hydrogen-bond acceptors (Lipinski definition) is 0. The number of rotatable bonds is 0. The quantitative estimate of drug-likeness (QED) is 0.402. The van der Waals surface area contributed by atoms with Crippen LogP contribution in [0.4, 0.5) is 0 Å². The molecule has 0 aromatic heterocycles. The standard InChI is InChI=1S/C24H14/c1-4-19-10-12-21-6-2-8-23(17-21)14-15-24-9-3-7-22(18-24)13-11-20(5-1)16-19/h1-10,12,16-18H/b12-10-. The van der Waals surface area contributed by atoms with Crippen molar-refractivity contribution in [3.63, 3.8) is 0 Å². The number of fused-ring (bicyclic) bond motifs is 6. The molecule has 0 heteroatoms. The second-order valence-electron chi connectivity index (χ2n) is 5.67. The predicted molar refractivity (Wildman–Crippen MR) is 100 cm³/mol. The molecule has 0 spiro atoms. The van der Waals surface area contributed by atoms with Crippen molar-refractivity contribution in [1.82, 2.24) is 0 Å². The van der Waals surface area contributed by atoms with Crippen molar-refractivity contribution in [3.8, 4) is 23.7 Å². The van der Waals surface area contributed by atoms with Crippen LogP contribution in [0.5, 0.6) is 0 Å². The Bertz CT molecular complexity index is 977. The predicted octanol–water partition coefficient (Wildman–Crippen LogP) is 4.97. The molecule has 4 rings (SSSR count). The van der Waals surface area contributed by atoms with Gasteiger partial charge in [0.05, 0.1) is 0 Å². The molecule has 0 saturated heterocycles. The normalized spacial score (nSPS) is 12.5. The van der Waals surface area contributed by atoms with Gasteiger partial charge < -0.3 is 0 Å². The molecule has 3 aromatic rings. The van der Waals surface area contributed by atoms with E-state index in [1.165, 1.54) is 0 Å². The fourth-order valence-electron chi connectivity index (χ4n) is 2.60. The lowest BCUT2D eigenvalue weighted by molar-refractivity contribution is 1.58. The van der Waals surface area contributed by atoms with Crippen LogP contribution in [0.1, 0.15) is 33.4 Å². The van der Waals surface area contributed by atoms with Crippen molar-refractivity contribution in [1.29, 1.82) is 0 Å². The average Bonchev–Trinajstić information content (AvgIpc) is 2.64. The third kappa shape index (κ3) is 3.30. The minimum Gasteiger partial charge on any atom is -0.0616 e. The Labute approximate surface area is 142 Å². The first-order chi connectivity index (χ1) is 11.8. The van der Waals surface area contributed by atoms with E-state index in [1.54, 1.807) is 0 Å². The smallest absolute Gasteiger partial charge is 0.0261 e. The molecule has 0 fully saturated rings. The molecule has 0 amide bonds. The summed E-state index contributed by atoms with van der Waals surface area (Å²) >= 11 is 0. The molecule has 0 atom stereocenters. The second kappa shape index (κ2) is 6.33. The average molecular weight is 302 g/mol. The van der Waals surface area contributed by atoms with Gasteiger partial charge in [-0.1, -0.05) is 66.2 Å². The van der Waals surface area contributed by atoms with Crippen LogP contribution in [0, 0.1) is 23.7 Å². The fourth-order valence-corrected chi connectivity index (χ4v) is 2.60. The molecular weight excluding hydrogens is 288 g/mol. The Morgan fingerprint density at radius 2 is 0.792 bits per heavy atom. The third-order valence-corrected chi connectivity index (χ3v) is 3.81. The first-order valence-corrected chi connectivity index (χ1v) is 7.87. The van der Waals surface area contributed by atoms with Crippen LogP contribution in [-0.4, -0.2) is 0 Å². The lowest BCUT2D eigenvalue weighted by Crippen LogP contribution is -1.80. The molecule has 1 aliphatic carbocycles. The van der Waals surface area contributed by atoms with Crippen molar-refractivity contribution in [2.45, 2.75) is 0 Å². The van der Waals surface area contributed by atoms with Gasteiger partial charge in [0.2, 0.25) is 0 Å². The van der Waals surface area contributed by atoms with Crippen LogP contribution >= 0.6 is 0 Å². The molecule has 0 heterocycles. The first kappa shape index (κ1) is 14.1. The van der Waals surface area contributed by atoms with Crippen LogP contribution in [0.25, 0.3) is 12.2 Å². The van der Waals surface area contributed by atoms with Crippen LogP contribution in [0.15, 0.2) is 72.8 Å². The number of hydrogen-bond donors (Lipinski definition) is 0. The van der Waals surface area contributed by atoms with E-state index in [2.05, 4.69) is 60.1 Å². The zero-order valence-electron chi connectivity index (χ0n) is 13.1. The molecule has 0 saturated carbocycles. The summed E-state index contributed by atoms with van der Waals surface area (Å²) in [5, 5.41) is 0. The summed E-state index contributed by atoms with van der Waals surface area (Å²) in [6.07, 6.45) is 4.22. The van der Waals surface area contributed by atoms with Gasteiger partial charge in [-0.05, 0) is 53.6 Å². The Balaban J connectivity index is 1.91. The molecule has 3 aromatic carbocycles. The maximum absolute atomic E-state index is 3.24. The molecular formula is C24H14. The Morgan fingerprint density at radius 1 is 0.417 bits per heavy atom. The van der Waals surface area contributed by atoms with E-state index < -0.39 is 0 Å². The van der Waals surface area contributed by atoms with E-state index in [9.17, 15) is 0 Å². The van der Waals surface area contributed by atoms with Gasteiger partial charge in [-0.3, -0.25) is 0 Å². The van der Waals surface area contributed by atoms with Gasteiger partial charge >= 0.3 is 0 Å². The summed E-state index contributed by atoms with van der Waals surface area (Å²) in [7, 11) is 0. The zero-order chi connectivity index (χ0) is 16.2. The van der Waals surface area contributed by atoms with E-state index in [0.29, 0.717) is 0 Å². The van der Waals surface area contributed by atoms with Crippen molar-refractivity contribution in [2.75, 3.05) is 0 Å². The van der Waals surface area contributed by atoms with Crippen LogP contribution in [0.2, 0.25) is 0 Å². The van der Waals surface area contributed by atoms with Gasteiger partial charge in [0.15, 0.2) is 0 Å². The lowest BCUT2D eigenvalue weighted by atomic mass is 10.1. The van der Waals surface area contributed by atoms with Crippen molar-refractivity contribution >= 4 is 12.2 Å². The summed E-state index contributed by atoms with van der Waals surface area (Å²) < 4.78 is 0. The highest BCUT2D eigenvalue weighted by Crippen LogP contribution is 2.12. The summed E-state index contributed by atoms with van der Waals surface area (Å²) in [6.45, 7) is 0. The van der Waals surface area contributed by atoms with Crippen LogP contribution < -0.4 is 0 Å². The molecule has 0 unspecified atom stereocenters. The SMILES string of the molecule is C1#Cc2cccc(c2)/C=C\c2cccc(c2)C#Cc2cccc1c2. The molecule has 1 aliphatic rings. The molecule has 0 aliphatic heterocycles. The van der Waals surface area contributed by atoms with E-state index in [4.69, 9.17) is 0 Å². The maximum atomic E-state index is 3.24. The summed E-state index contributed by atoms with van der Waals surface area (Å²) in [5.41, 5.74) is 6.26. The van der Waals surface area contributed by atoms with E-state index in [1.807, 2.05) is 48.5 Å². The van der Waals surface area contributed by atoms with Gasteiger partial charge in [0.1, 0.15) is 0 Å². The molecule has 6 bridgehead atoms. The summed E-state index contributed by atoms with van der Waals surface area (Å²) in [4.78, 5) is 0. The van der Waals surface area contributed by atoms with Gasteiger partial charge in [0, 0.05) is 22.3 Å². The summed E-state index contributed by atoms with van der Waals surface area (Å²) in [6, 6.07) is 24.6. The highest BCUT2D eigenvalue weighted by molar-refractivity contribution is 5.71. The minimum absolute atomic E-state index is 0.978. The van der Waals surface area contributed by atoms with E-state index >= 15 is 0 Å². The van der Waals surface area contributed by atoms with Crippen molar-refractivity contribution < 1.29 is 0 Å². The Kier molecular flexibility index (Phi) is 3.73. The number of benzene rings is 3.